The average Bonchev–Trinajstić information content (AvgIpc) is 3.90. The van der Waals surface area contributed by atoms with Gasteiger partial charge in [-0.2, -0.15) is 5.10 Å². The van der Waals surface area contributed by atoms with E-state index in [9.17, 15) is 24.0 Å². The number of likely N-dealkylation sites (tertiary alicyclic amines) is 1. The molecule has 4 amide bonds. The van der Waals surface area contributed by atoms with Gasteiger partial charge in [0.2, 0.25) is 18.2 Å². The van der Waals surface area contributed by atoms with Gasteiger partial charge < -0.3 is 29.2 Å². The first-order valence-electron chi connectivity index (χ1n) is 23.6. The van der Waals surface area contributed by atoms with Crippen LogP contribution in [0.2, 0.25) is 0 Å². The van der Waals surface area contributed by atoms with Gasteiger partial charge >= 0.3 is 0 Å². The molecule has 0 spiro atoms. The summed E-state index contributed by atoms with van der Waals surface area (Å²) in [6, 6.07) is 9.56. The third-order valence-electron chi connectivity index (χ3n) is 14.0. The molecule has 0 aliphatic carbocycles. The number of halogens is 2. The molecule has 4 aliphatic rings. The van der Waals surface area contributed by atoms with Gasteiger partial charge in [0.05, 0.1) is 17.1 Å². The van der Waals surface area contributed by atoms with Gasteiger partial charge in [-0.25, -0.2) is 8.78 Å². The van der Waals surface area contributed by atoms with Gasteiger partial charge in [-0.15, -0.1) is 0 Å². The lowest BCUT2D eigenvalue weighted by molar-refractivity contribution is -0.136. The van der Waals surface area contributed by atoms with Crippen LogP contribution < -0.4 is 20.3 Å². The van der Waals surface area contributed by atoms with Crippen molar-refractivity contribution in [2.45, 2.75) is 83.3 Å². The zero-order valence-corrected chi connectivity index (χ0v) is 38.4. The summed E-state index contributed by atoms with van der Waals surface area (Å²) in [5.74, 6) is 0.108. The lowest BCUT2D eigenvalue weighted by Gasteiger charge is -2.39. The Kier molecular flexibility index (Phi) is 14.0. The van der Waals surface area contributed by atoms with Crippen molar-refractivity contribution >= 4 is 52.8 Å². The van der Waals surface area contributed by atoms with Crippen molar-refractivity contribution in [3.05, 3.63) is 88.5 Å². The van der Waals surface area contributed by atoms with Crippen molar-refractivity contribution in [1.82, 2.24) is 39.8 Å². The Bertz CT molecular complexity index is 2710. The minimum absolute atomic E-state index is 0.0354. The van der Waals surface area contributed by atoms with E-state index in [0.29, 0.717) is 88.8 Å². The van der Waals surface area contributed by atoms with E-state index in [2.05, 4.69) is 41.6 Å². The third kappa shape index (κ3) is 9.35. The number of ether oxygens (including phenoxy) is 2. The molecule has 1 atom stereocenters. The van der Waals surface area contributed by atoms with Crippen molar-refractivity contribution < 1.29 is 42.2 Å². The maximum Gasteiger partial charge on any atom is 0.264 e. The molecule has 5 aromatic rings. The van der Waals surface area contributed by atoms with E-state index in [4.69, 9.17) is 14.6 Å². The number of carbonyl (C=O) groups is 5. The van der Waals surface area contributed by atoms with E-state index in [1.165, 1.54) is 24.1 Å². The number of hydrogen-bond acceptors (Lipinski definition) is 11. The number of imide groups is 1. The molecule has 2 N–H and O–H groups in total. The number of aromatic nitrogens is 4. The highest BCUT2D eigenvalue weighted by Crippen LogP contribution is 2.45. The first-order valence-corrected chi connectivity index (χ1v) is 23.6. The Morgan fingerprint density at radius 3 is 2.65 bits per heavy atom. The monoisotopic (exact) mass is 933 g/mol. The number of hydrogen-bond donors (Lipinski definition) is 2. The molecule has 2 aromatic carbocycles. The Hall–Kier alpha value is -6.53. The van der Waals surface area contributed by atoms with Crippen LogP contribution in [0.15, 0.2) is 55.0 Å². The number of carbonyl (C=O) groups excluding carboxylic acids is 5. The molecule has 3 saturated heterocycles. The molecule has 4 aliphatic heterocycles. The largest absolute Gasteiger partial charge is 0.492 e. The standard InChI is InChI=1S/C50H57F2N9O7/c1-3-36-43(11-15-54-30-63)61(34-12-18-67-19-13-34)56-48(36)60-16-4-5-32-22-38(39(47(51)52)23-45(32)60)41-28-59(42-10-14-53-24-40(41)42)27-31-25-58(26-31)17-20-68-35-6-7-37(33(21-35)29-62)50(66)57(2)44-8-9-46(64)55-49(44)65/h6-7,10,14,21-24,28-31,34,44,47H,3-5,8-9,11-13,15-20,25-27H2,1-2H3,(H,54,63)(H,55,64,65). The summed E-state index contributed by atoms with van der Waals surface area (Å²) < 4.78 is 46.7. The van der Waals surface area contributed by atoms with Gasteiger partial charge in [0.25, 0.3) is 12.3 Å². The number of rotatable bonds is 18. The van der Waals surface area contributed by atoms with Crippen LogP contribution in [-0.4, -0.2) is 125 Å². The molecular weight excluding hydrogens is 877 g/mol. The number of alkyl halides is 2. The second-order valence-corrected chi connectivity index (χ2v) is 18.1. The number of aldehydes is 1. The molecule has 3 aromatic heterocycles. The number of anilines is 2. The van der Waals surface area contributed by atoms with Gasteiger partial charge in [0.1, 0.15) is 18.4 Å². The first-order chi connectivity index (χ1) is 33.1. The van der Waals surface area contributed by atoms with Crippen molar-refractivity contribution in [2.75, 3.05) is 64.5 Å². The van der Waals surface area contributed by atoms with E-state index in [1.54, 1.807) is 24.5 Å². The summed E-state index contributed by atoms with van der Waals surface area (Å²) in [6.45, 7) is 7.79. The predicted molar refractivity (Wildman–Crippen MR) is 249 cm³/mol. The fourth-order valence-corrected chi connectivity index (χ4v) is 10.5. The first kappa shape index (κ1) is 46.6. The molecule has 358 valence electrons. The second kappa shape index (κ2) is 20.4. The lowest BCUT2D eigenvalue weighted by Crippen LogP contribution is -2.53. The number of nitrogens with one attached hydrogen (secondary N) is 2. The number of pyridine rings is 1. The minimum Gasteiger partial charge on any atom is -0.492 e. The average molecular weight is 934 g/mol. The van der Waals surface area contributed by atoms with E-state index in [-0.39, 0.29) is 41.5 Å². The molecule has 1 unspecified atom stereocenters. The topological polar surface area (TPSA) is 173 Å². The van der Waals surface area contributed by atoms with Crippen LogP contribution >= 0.6 is 0 Å². The minimum atomic E-state index is -2.73. The normalized spacial score (nSPS) is 18.1. The third-order valence-corrected chi connectivity index (χ3v) is 14.0. The van der Waals surface area contributed by atoms with Gasteiger partial charge in [-0.1, -0.05) is 6.92 Å². The van der Waals surface area contributed by atoms with Crippen molar-refractivity contribution in [1.29, 1.82) is 0 Å². The van der Waals surface area contributed by atoms with Crippen LogP contribution in [0.3, 0.4) is 0 Å². The van der Waals surface area contributed by atoms with Gasteiger partial charge in [-0.05, 0) is 86.1 Å². The highest BCUT2D eigenvalue weighted by molar-refractivity contribution is 6.06. The van der Waals surface area contributed by atoms with Crippen LogP contribution in [0.1, 0.15) is 94.6 Å². The van der Waals surface area contributed by atoms with E-state index in [0.717, 1.165) is 83.6 Å². The van der Waals surface area contributed by atoms with Crippen LogP contribution in [0.25, 0.3) is 22.0 Å². The van der Waals surface area contributed by atoms with Gasteiger partial charge in [0.15, 0.2) is 12.1 Å². The Morgan fingerprint density at radius 2 is 1.90 bits per heavy atom. The zero-order chi connectivity index (χ0) is 47.5. The molecule has 9 rings (SSSR count). The van der Waals surface area contributed by atoms with Crippen molar-refractivity contribution in [2.24, 2.45) is 5.92 Å². The van der Waals surface area contributed by atoms with E-state index < -0.39 is 24.3 Å². The molecule has 0 saturated carbocycles. The lowest BCUT2D eigenvalue weighted by atomic mass is 9.91. The molecule has 16 nitrogen and oxygen atoms in total. The smallest absolute Gasteiger partial charge is 0.264 e. The zero-order valence-electron chi connectivity index (χ0n) is 38.4. The summed E-state index contributed by atoms with van der Waals surface area (Å²) in [5.41, 5.74) is 6.28. The molecule has 3 fully saturated rings. The Labute approximate surface area is 392 Å². The number of nitrogens with zero attached hydrogens (tertiary/aromatic N) is 7. The second-order valence-electron chi connectivity index (χ2n) is 18.1. The maximum absolute atomic E-state index is 15.4. The van der Waals surface area contributed by atoms with Crippen molar-refractivity contribution in [3.8, 4) is 16.9 Å². The summed E-state index contributed by atoms with van der Waals surface area (Å²) in [5, 5.41) is 11.1. The van der Waals surface area contributed by atoms with Crippen LogP contribution in [-0.2, 0) is 44.9 Å². The predicted octanol–water partition coefficient (Wildman–Crippen LogP) is 5.82. The van der Waals surface area contributed by atoms with Crippen LogP contribution in [0, 0.1) is 5.92 Å². The molecule has 18 heteroatoms. The van der Waals surface area contributed by atoms with Crippen molar-refractivity contribution in [3.63, 3.8) is 0 Å². The molecule has 0 bridgehead atoms. The number of aryl methyl sites for hydroxylation is 1. The Morgan fingerprint density at radius 1 is 1.07 bits per heavy atom. The SMILES string of the molecule is CCc1c(N2CCCc3cc(-c4cn(CC5CN(CCOc6ccc(C(=O)N(C)C7CCC(=O)NC7=O)c(C=O)c6)C5)c5ccncc45)c(C(F)F)cc32)nn(C2CCOCC2)c1CCNC=O. The van der Waals surface area contributed by atoms with Gasteiger partial charge in [0, 0.05) is 136 Å². The number of fused-ring (bicyclic) bond motifs is 2. The quantitative estimate of drug-likeness (QED) is 0.0616. The molecule has 0 radical (unpaired) electrons. The van der Waals surface area contributed by atoms with Gasteiger partial charge in [-0.3, -0.25) is 43.9 Å². The van der Waals surface area contributed by atoms with Crippen LogP contribution in [0.5, 0.6) is 5.75 Å². The van der Waals surface area contributed by atoms with E-state index >= 15 is 8.78 Å². The Balaban J connectivity index is 0.884. The molecule has 7 heterocycles. The highest BCUT2D eigenvalue weighted by atomic mass is 19.3. The number of piperidine rings is 1. The summed E-state index contributed by atoms with van der Waals surface area (Å²) >= 11 is 0. The number of likely N-dealkylation sites (N-methyl/N-ethyl adjacent to an activating group) is 1. The fourth-order valence-electron chi connectivity index (χ4n) is 10.5. The summed E-state index contributed by atoms with van der Waals surface area (Å²) in [7, 11) is 1.48. The summed E-state index contributed by atoms with van der Waals surface area (Å²) in [6.07, 6.45) is 8.94. The summed E-state index contributed by atoms with van der Waals surface area (Å²) in [4.78, 5) is 70.5. The van der Waals surface area contributed by atoms with Crippen LogP contribution in [0.4, 0.5) is 20.3 Å². The van der Waals surface area contributed by atoms with E-state index in [1.807, 2.05) is 18.3 Å². The molecular formula is C50H57F2N9O7. The maximum atomic E-state index is 15.4. The fraction of sp³-hybridized carbons (Fsp3) is 0.460. The highest BCUT2D eigenvalue weighted by Gasteiger charge is 2.35. The number of benzene rings is 2. The molecule has 68 heavy (non-hydrogen) atoms. The number of amides is 4.